The third-order valence-electron chi connectivity index (χ3n) is 5.26. The molecule has 2 fully saturated rings. The SMILES string of the molecule is CN(C)Cc1nnc([C@H]2CCCN(C(=O)c3cc(C4CC4)on3)C2)n1C. The second kappa shape index (κ2) is 6.83. The molecule has 2 aromatic rings. The van der Waals surface area contributed by atoms with Crippen molar-refractivity contribution in [2.45, 2.75) is 44.1 Å². The quantitative estimate of drug-likeness (QED) is 0.810. The summed E-state index contributed by atoms with van der Waals surface area (Å²) in [6.07, 6.45) is 4.25. The Hall–Kier alpha value is -2.22. The van der Waals surface area contributed by atoms with Crippen molar-refractivity contribution in [2.24, 2.45) is 7.05 Å². The highest BCUT2D eigenvalue weighted by atomic mass is 16.5. The van der Waals surface area contributed by atoms with E-state index in [-0.39, 0.29) is 11.8 Å². The smallest absolute Gasteiger partial charge is 0.276 e. The summed E-state index contributed by atoms with van der Waals surface area (Å²) in [4.78, 5) is 16.8. The minimum Gasteiger partial charge on any atom is -0.360 e. The van der Waals surface area contributed by atoms with Gasteiger partial charge in [0.1, 0.15) is 17.4 Å². The predicted octanol–water partition coefficient (Wildman–Crippen LogP) is 1.76. The van der Waals surface area contributed by atoms with Gasteiger partial charge in [0.25, 0.3) is 5.91 Å². The van der Waals surface area contributed by atoms with Gasteiger partial charge in [-0.3, -0.25) is 4.79 Å². The maximum Gasteiger partial charge on any atom is 0.276 e. The van der Waals surface area contributed by atoms with Crippen LogP contribution in [0.1, 0.15) is 65.4 Å². The van der Waals surface area contributed by atoms with E-state index in [0.29, 0.717) is 18.2 Å². The van der Waals surface area contributed by atoms with Gasteiger partial charge in [-0.05, 0) is 39.8 Å². The van der Waals surface area contributed by atoms with Crippen LogP contribution in [0.2, 0.25) is 0 Å². The number of hydrogen-bond acceptors (Lipinski definition) is 6. The molecule has 0 radical (unpaired) electrons. The number of aromatic nitrogens is 4. The van der Waals surface area contributed by atoms with Crippen molar-refractivity contribution < 1.29 is 9.32 Å². The van der Waals surface area contributed by atoms with Crippen LogP contribution < -0.4 is 0 Å². The molecule has 2 aliphatic rings. The van der Waals surface area contributed by atoms with Crippen LogP contribution in [-0.2, 0) is 13.6 Å². The Kier molecular flexibility index (Phi) is 4.52. The summed E-state index contributed by atoms with van der Waals surface area (Å²) in [6.45, 7) is 2.16. The zero-order chi connectivity index (χ0) is 18.3. The fourth-order valence-corrected chi connectivity index (χ4v) is 3.64. The van der Waals surface area contributed by atoms with E-state index in [9.17, 15) is 4.79 Å². The molecule has 0 N–H and O–H groups in total. The Morgan fingerprint density at radius 1 is 1.27 bits per heavy atom. The van der Waals surface area contributed by atoms with E-state index >= 15 is 0 Å². The molecule has 2 aromatic heterocycles. The molecular weight excluding hydrogens is 332 g/mol. The lowest BCUT2D eigenvalue weighted by Crippen LogP contribution is -2.40. The van der Waals surface area contributed by atoms with Crippen LogP contribution in [0.15, 0.2) is 10.6 Å². The van der Waals surface area contributed by atoms with Crippen molar-refractivity contribution in [2.75, 3.05) is 27.2 Å². The molecule has 0 aromatic carbocycles. The molecular formula is C18H26N6O2. The molecule has 1 aliphatic heterocycles. The van der Waals surface area contributed by atoms with Gasteiger partial charge in [0.15, 0.2) is 5.69 Å². The molecule has 1 amide bonds. The van der Waals surface area contributed by atoms with E-state index in [2.05, 4.69) is 24.8 Å². The number of hydrogen-bond donors (Lipinski definition) is 0. The first kappa shape index (κ1) is 17.2. The van der Waals surface area contributed by atoms with E-state index in [0.717, 1.165) is 56.2 Å². The van der Waals surface area contributed by atoms with E-state index in [1.807, 2.05) is 32.1 Å². The minimum absolute atomic E-state index is 0.0407. The van der Waals surface area contributed by atoms with Crippen molar-refractivity contribution in [1.82, 2.24) is 29.7 Å². The Morgan fingerprint density at radius 3 is 2.81 bits per heavy atom. The standard InChI is InChI=1S/C18H26N6O2/c1-22(2)11-16-19-20-17(23(16)3)13-5-4-8-24(10-13)18(25)14-9-15(26-21-14)12-6-7-12/h9,12-13H,4-8,10-11H2,1-3H3/t13-/m0/s1. The molecule has 0 unspecified atom stereocenters. The van der Waals surface area contributed by atoms with E-state index in [1.54, 1.807) is 0 Å². The minimum atomic E-state index is -0.0407. The topological polar surface area (TPSA) is 80.3 Å². The Labute approximate surface area is 153 Å². The second-order valence-electron chi connectivity index (χ2n) is 7.75. The van der Waals surface area contributed by atoms with Crippen molar-refractivity contribution in [3.63, 3.8) is 0 Å². The summed E-state index contributed by atoms with van der Waals surface area (Å²) in [5, 5.41) is 12.7. The zero-order valence-corrected chi connectivity index (χ0v) is 15.7. The highest BCUT2D eigenvalue weighted by Gasteiger charge is 2.32. The van der Waals surface area contributed by atoms with Gasteiger partial charge < -0.3 is 18.9 Å². The van der Waals surface area contributed by atoms with Crippen molar-refractivity contribution in [3.8, 4) is 0 Å². The van der Waals surface area contributed by atoms with Gasteiger partial charge in [-0.1, -0.05) is 5.16 Å². The van der Waals surface area contributed by atoms with E-state index < -0.39 is 0 Å². The average molecular weight is 358 g/mol. The summed E-state index contributed by atoms with van der Waals surface area (Å²) in [5.74, 6) is 3.38. The molecule has 1 saturated carbocycles. The highest BCUT2D eigenvalue weighted by molar-refractivity contribution is 5.92. The lowest BCUT2D eigenvalue weighted by Gasteiger charge is -2.31. The Balaban J connectivity index is 1.46. The molecule has 8 nitrogen and oxygen atoms in total. The van der Waals surface area contributed by atoms with Gasteiger partial charge in [-0.15, -0.1) is 10.2 Å². The summed E-state index contributed by atoms with van der Waals surface area (Å²) < 4.78 is 7.41. The maximum absolute atomic E-state index is 12.8. The number of likely N-dealkylation sites (tertiary alicyclic amines) is 1. The Morgan fingerprint density at radius 2 is 2.08 bits per heavy atom. The molecule has 4 rings (SSSR count). The van der Waals surface area contributed by atoms with Crippen LogP contribution in [-0.4, -0.2) is 62.8 Å². The summed E-state index contributed by atoms with van der Waals surface area (Å²) in [5.41, 5.74) is 0.429. The molecule has 1 atom stereocenters. The molecule has 1 aliphatic carbocycles. The van der Waals surface area contributed by atoms with Crippen molar-refractivity contribution >= 4 is 5.91 Å². The van der Waals surface area contributed by atoms with Crippen LogP contribution in [0.4, 0.5) is 0 Å². The lowest BCUT2D eigenvalue weighted by molar-refractivity contribution is 0.0693. The summed E-state index contributed by atoms with van der Waals surface area (Å²) >= 11 is 0. The largest absolute Gasteiger partial charge is 0.360 e. The maximum atomic E-state index is 12.8. The van der Waals surface area contributed by atoms with Gasteiger partial charge in [-0.2, -0.15) is 0 Å². The molecule has 8 heteroatoms. The number of nitrogens with zero attached hydrogens (tertiary/aromatic N) is 6. The molecule has 3 heterocycles. The first-order valence-electron chi connectivity index (χ1n) is 9.31. The van der Waals surface area contributed by atoms with Crippen LogP contribution in [0.5, 0.6) is 0 Å². The fraction of sp³-hybridized carbons (Fsp3) is 0.667. The fourth-order valence-electron chi connectivity index (χ4n) is 3.64. The molecule has 140 valence electrons. The lowest BCUT2D eigenvalue weighted by atomic mass is 9.97. The first-order valence-corrected chi connectivity index (χ1v) is 9.31. The van der Waals surface area contributed by atoms with Gasteiger partial charge in [0.05, 0.1) is 6.54 Å². The Bertz CT molecular complexity index is 791. The summed E-state index contributed by atoms with van der Waals surface area (Å²) in [6, 6.07) is 1.82. The van der Waals surface area contributed by atoms with Gasteiger partial charge in [0, 0.05) is 38.0 Å². The molecule has 0 bridgehead atoms. The van der Waals surface area contributed by atoms with Gasteiger partial charge in [-0.25, -0.2) is 0 Å². The van der Waals surface area contributed by atoms with Gasteiger partial charge in [0.2, 0.25) is 0 Å². The summed E-state index contributed by atoms with van der Waals surface area (Å²) in [7, 11) is 6.04. The van der Waals surface area contributed by atoms with Crippen molar-refractivity contribution in [3.05, 3.63) is 29.2 Å². The van der Waals surface area contributed by atoms with Crippen LogP contribution in [0.3, 0.4) is 0 Å². The molecule has 1 saturated heterocycles. The number of carbonyl (C=O) groups excluding carboxylic acids is 1. The number of piperidine rings is 1. The second-order valence-corrected chi connectivity index (χ2v) is 7.75. The predicted molar refractivity (Wildman–Crippen MR) is 94.8 cm³/mol. The molecule has 0 spiro atoms. The third kappa shape index (κ3) is 3.38. The zero-order valence-electron chi connectivity index (χ0n) is 15.7. The normalized spacial score (nSPS) is 20.8. The van der Waals surface area contributed by atoms with E-state index in [4.69, 9.17) is 4.52 Å². The van der Waals surface area contributed by atoms with E-state index in [1.165, 1.54) is 0 Å². The monoisotopic (exact) mass is 358 g/mol. The number of rotatable bonds is 5. The average Bonchev–Trinajstić information content (AvgIpc) is 3.26. The van der Waals surface area contributed by atoms with Crippen LogP contribution in [0.25, 0.3) is 0 Å². The molecule has 26 heavy (non-hydrogen) atoms. The van der Waals surface area contributed by atoms with Crippen molar-refractivity contribution in [1.29, 1.82) is 0 Å². The number of carbonyl (C=O) groups is 1. The number of amides is 1. The third-order valence-corrected chi connectivity index (χ3v) is 5.26. The van der Waals surface area contributed by atoms with Gasteiger partial charge >= 0.3 is 0 Å². The van der Waals surface area contributed by atoms with Crippen LogP contribution >= 0.6 is 0 Å². The van der Waals surface area contributed by atoms with Crippen LogP contribution in [0, 0.1) is 0 Å². The first-order chi connectivity index (χ1) is 12.5. The highest BCUT2D eigenvalue weighted by Crippen LogP contribution is 2.40.